The minimum atomic E-state index is -0.666. The molecule has 1 aromatic rings. The highest BCUT2D eigenvalue weighted by molar-refractivity contribution is 5.38. The molecule has 0 radical (unpaired) electrons. The van der Waals surface area contributed by atoms with Crippen molar-refractivity contribution in [1.82, 2.24) is 4.73 Å². The Morgan fingerprint density at radius 2 is 2.17 bits per heavy atom. The minimum Gasteiger partial charge on any atom is -0.425 e. The summed E-state index contributed by atoms with van der Waals surface area (Å²) < 4.78 is 0.431. The van der Waals surface area contributed by atoms with Crippen LogP contribution in [-0.4, -0.2) is 9.94 Å². The summed E-state index contributed by atoms with van der Waals surface area (Å²) in [5, 5.41) is 17.6. The van der Waals surface area contributed by atoms with Gasteiger partial charge < -0.3 is 5.21 Å². The number of nitrogens with zero attached hydrogens (tertiary/aromatic N) is 2. The first-order valence-electron chi connectivity index (χ1n) is 3.40. The van der Waals surface area contributed by atoms with Crippen LogP contribution in [0.15, 0.2) is 11.0 Å². The van der Waals surface area contributed by atoms with Crippen LogP contribution >= 0.6 is 0 Å². The highest BCUT2D eigenvalue weighted by Gasteiger charge is 2.08. The molecular formula is C8H8N2O2. The van der Waals surface area contributed by atoms with Crippen molar-refractivity contribution < 1.29 is 5.21 Å². The topological polar surface area (TPSA) is 66.0 Å². The van der Waals surface area contributed by atoms with Gasteiger partial charge >= 0.3 is 5.56 Å². The van der Waals surface area contributed by atoms with Gasteiger partial charge in [-0.15, -0.1) is 0 Å². The van der Waals surface area contributed by atoms with E-state index in [1.807, 2.05) is 0 Å². The number of rotatable bonds is 0. The maximum atomic E-state index is 11.1. The van der Waals surface area contributed by atoms with Crippen LogP contribution in [0.1, 0.15) is 16.7 Å². The Morgan fingerprint density at radius 1 is 1.58 bits per heavy atom. The second kappa shape index (κ2) is 2.70. The average molecular weight is 164 g/mol. The number of pyridine rings is 1. The Labute approximate surface area is 69.3 Å². The monoisotopic (exact) mass is 164 g/mol. The maximum Gasteiger partial charge on any atom is 0.300 e. The molecule has 0 fully saturated rings. The van der Waals surface area contributed by atoms with Crippen LogP contribution < -0.4 is 5.56 Å². The fourth-order valence-corrected chi connectivity index (χ4v) is 0.943. The summed E-state index contributed by atoms with van der Waals surface area (Å²) in [6.45, 7) is 3.40. The third kappa shape index (κ3) is 1.05. The van der Waals surface area contributed by atoms with Crippen LogP contribution in [0.2, 0.25) is 0 Å². The van der Waals surface area contributed by atoms with Gasteiger partial charge in [-0.2, -0.15) is 9.99 Å². The van der Waals surface area contributed by atoms with Gasteiger partial charge in [0.05, 0.1) is 6.20 Å². The normalized spacial score (nSPS) is 9.42. The van der Waals surface area contributed by atoms with E-state index in [1.165, 1.54) is 6.20 Å². The highest BCUT2D eigenvalue weighted by Crippen LogP contribution is 2.06. The van der Waals surface area contributed by atoms with Gasteiger partial charge in [-0.3, -0.25) is 4.79 Å². The number of hydrogen-bond donors (Lipinski definition) is 1. The van der Waals surface area contributed by atoms with E-state index in [0.29, 0.717) is 15.9 Å². The lowest BCUT2D eigenvalue weighted by atomic mass is 10.1. The largest absolute Gasteiger partial charge is 0.425 e. The van der Waals surface area contributed by atoms with E-state index < -0.39 is 5.56 Å². The summed E-state index contributed by atoms with van der Waals surface area (Å²) >= 11 is 0. The summed E-state index contributed by atoms with van der Waals surface area (Å²) in [7, 11) is 0. The average Bonchev–Trinajstić information content (AvgIpc) is 2.02. The molecule has 0 unspecified atom stereocenters. The molecule has 0 atom stereocenters. The van der Waals surface area contributed by atoms with Gasteiger partial charge in [0.2, 0.25) is 0 Å². The minimum absolute atomic E-state index is 0.00231. The van der Waals surface area contributed by atoms with Crippen molar-refractivity contribution in [3.63, 3.8) is 0 Å². The summed E-state index contributed by atoms with van der Waals surface area (Å²) in [5.41, 5.74) is 0.666. The van der Waals surface area contributed by atoms with Crippen LogP contribution in [0.25, 0.3) is 0 Å². The van der Waals surface area contributed by atoms with Gasteiger partial charge in [-0.1, -0.05) is 0 Å². The van der Waals surface area contributed by atoms with E-state index in [-0.39, 0.29) is 5.56 Å². The summed E-state index contributed by atoms with van der Waals surface area (Å²) in [5.74, 6) is 0. The smallest absolute Gasteiger partial charge is 0.300 e. The maximum absolute atomic E-state index is 11.1. The van der Waals surface area contributed by atoms with Gasteiger partial charge in [0.1, 0.15) is 11.6 Å². The Kier molecular flexibility index (Phi) is 1.88. The van der Waals surface area contributed by atoms with Crippen LogP contribution in [0, 0.1) is 25.2 Å². The van der Waals surface area contributed by atoms with Gasteiger partial charge in [0.15, 0.2) is 0 Å². The standard InChI is InChI=1S/C8H8N2O2/c1-5-4-10(12)8(11)7(3-9)6(5)2/h4,12H,1-2H3. The van der Waals surface area contributed by atoms with Crippen LogP contribution in [0.4, 0.5) is 0 Å². The number of nitriles is 1. The molecule has 0 bridgehead atoms. The first kappa shape index (κ1) is 8.34. The van der Waals surface area contributed by atoms with Gasteiger partial charge in [-0.05, 0) is 25.0 Å². The Hall–Kier alpha value is -1.76. The molecule has 4 nitrogen and oxygen atoms in total. The molecule has 0 amide bonds. The third-order valence-corrected chi connectivity index (χ3v) is 1.82. The molecule has 0 saturated carbocycles. The Morgan fingerprint density at radius 3 is 2.67 bits per heavy atom. The van der Waals surface area contributed by atoms with Gasteiger partial charge in [-0.25, -0.2) is 0 Å². The highest BCUT2D eigenvalue weighted by atomic mass is 16.5. The van der Waals surface area contributed by atoms with E-state index in [0.717, 1.165) is 0 Å². The van der Waals surface area contributed by atoms with Crippen LogP contribution in [0.5, 0.6) is 0 Å². The van der Waals surface area contributed by atoms with E-state index in [1.54, 1.807) is 19.9 Å². The SMILES string of the molecule is Cc1cn(O)c(=O)c(C#N)c1C. The Balaban J connectivity index is 3.68. The first-order valence-corrected chi connectivity index (χ1v) is 3.40. The van der Waals surface area contributed by atoms with Gasteiger partial charge in [0, 0.05) is 0 Å². The van der Waals surface area contributed by atoms with Crippen molar-refractivity contribution in [2.45, 2.75) is 13.8 Å². The van der Waals surface area contributed by atoms with Gasteiger partial charge in [0.25, 0.3) is 0 Å². The van der Waals surface area contributed by atoms with E-state index in [4.69, 9.17) is 10.5 Å². The zero-order valence-corrected chi connectivity index (χ0v) is 6.83. The van der Waals surface area contributed by atoms with Crippen molar-refractivity contribution in [2.24, 2.45) is 0 Å². The number of hydrogen-bond acceptors (Lipinski definition) is 3. The molecule has 0 aliphatic heterocycles. The third-order valence-electron chi connectivity index (χ3n) is 1.82. The predicted molar refractivity (Wildman–Crippen MR) is 42.1 cm³/mol. The number of aryl methyl sites for hydroxylation is 1. The fraction of sp³-hybridized carbons (Fsp3) is 0.250. The molecule has 0 spiro atoms. The molecule has 1 heterocycles. The summed E-state index contributed by atoms with van der Waals surface area (Å²) in [6.07, 6.45) is 1.29. The lowest BCUT2D eigenvalue weighted by Gasteiger charge is -2.02. The van der Waals surface area contributed by atoms with Crippen LogP contribution in [0.3, 0.4) is 0 Å². The lowest BCUT2D eigenvalue weighted by Crippen LogP contribution is -2.21. The van der Waals surface area contributed by atoms with Crippen molar-refractivity contribution in [1.29, 1.82) is 5.26 Å². The van der Waals surface area contributed by atoms with Crippen molar-refractivity contribution in [3.8, 4) is 6.07 Å². The predicted octanol–water partition coefficient (Wildman–Crippen LogP) is 0.574. The molecule has 0 aliphatic carbocycles. The summed E-state index contributed by atoms with van der Waals surface area (Å²) in [4.78, 5) is 11.1. The second-order valence-electron chi connectivity index (χ2n) is 2.57. The van der Waals surface area contributed by atoms with E-state index in [9.17, 15) is 4.79 Å². The molecule has 12 heavy (non-hydrogen) atoms. The van der Waals surface area contributed by atoms with Crippen molar-refractivity contribution >= 4 is 0 Å². The Bertz CT molecular complexity index is 412. The molecular weight excluding hydrogens is 156 g/mol. The van der Waals surface area contributed by atoms with Crippen LogP contribution in [-0.2, 0) is 0 Å². The molecule has 4 heteroatoms. The van der Waals surface area contributed by atoms with Crippen molar-refractivity contribution in [3.05, 3.63) is 33.2 Å². The molecule has 0 aliphatic rings. The second-order valence-corrected chi connectivity index (χ2v) is 2.57. The molecule has 0 saturated heterocycles. The number of aromatic nitrogens is 1. The zero-order chi connectivity index (χ0) is 9.30. The van der Waals surface area contributed by atoms with E-state index >= 15 is 0 Å². The molecule has 1 N–H and O–H groups in total. The quantitative estimate of drug-likeness (QED) is 0.570. The first-order chi connectivity index (χ1) is 5.57. The van der Waals surface area contributed by atoms with Crippen molar-refractivity contribution in [2.75, 3.05) is 0 Å². The summed E-state index contributed by atoms with van der Waals surface area (Å²) in [6, 6.07) is 1.75. The zero-order valence-electron chi connectivity index (χ0n) is 6.83. The van der Waals surface area contributed by atoms with E-state index in [2.05, 4.69) is 0 Å². The lowest BCUT2D eigenvalue weighted by molar-refractivity contribution is 0.173. The molecule has 0 aromatic carbocycles. The fourth-order valence-electron chi connectivity index (χ4n) is 0.943. The molecule has 1 rings (SSSR count). The molecule has 1 aromatic heterocycles. The molecule has 62 valence electrons.